The molecular formula is C18H18ClN3O3. The van der Waals surface area contributed by atoms with Crippen LogP contribution in [0.3, 0.4) is 0 Å². The summed E-state index contributed by atoms with van der Waals surface area (Å²) in [6.45, 7) is 0.801. The van der Waals surface area contributed by atoms with E-state index < -0.39 is 11.4 Å². The van der Waals surface area contributed by atoms with Gasteiger partial charge >= 0.3 is 5.97 Å². The first kappa shape index (κ1) is 16.1. The number of halogens is 1. The molecule has 1 aromatic carbocycles. The molecule has 2 heterocycles. The number of hydrogen-bond donors (Lipinski definition) is 1. The number of amides is 1. The van der Waals surface area contributed by atoms with Gasteiger partial charge in [-0.25, -0.2) is 4.68 Å². The Labute approximate surface area is 150 Å². The summed E-state index contributed by atoms with van der Waals surface area (Å²) in [6, 6.07) is 7.17. The Morgan fingerprint density at radius 3 is 2.72 bits per heavy atom. The zero-order valence-electron chi connectivity index (χ0n) is 13.6. The topological polar surface area (TPSA) is 75.4 Å². The molecule has 2 aliphatic rings. The summed E-state index contributed by atoms with van der Waals surface area (Å²) < 4.78 is 1.62. The zero-order chi connectivity index (χ0) is 17.6. The smallest absolute Gasteiger partial charge is 0.311 e. The van der Waals surface area contributed by atoms with Crippen molar-refractivity contribution in [3.63, 3.8) is 0 Å². The number of carboxylic acid groups (broad SMARTS) is 1. The summed E-state index contributed by atoms with van der Waals surface area (Å²) in [4.78, 5) is 26.2. The molecule has 1 saturated carbocycles. The standard InChI is InChI=1S/C18H18ClN3O3/c19-14-3-5-15(6-4-14)22-9-12(8-20-22)16(23)21-10-13-2-1-7-18(13,11-21)17(24)25/h3-6,8-9,13H,1-2,7,10-11H2,(H,24,25)/t13-,18+/m0/s1. The normalized spacial score (nSPS) is 25.2. The van der Waals surface area contributed by atoms with Crippen molar-refractivity contribution in [3.8, 4) is 5.69 Å². The molecule has 7 heteroatoms. The molecule has 2 aromatic rings. The molecule has 0 bridgehead atoms. The Morgan fingerprint density at radius 2 is 2.04 bits per heavy atom. The van der Waals surface area contributed by atoms with Crippen molar-refractivity contribution in [1.82, 2.24) is 14.7 Å². The molecule has 2 fully saturated rings. The number of fused-ring (bicyclic) bond motifs is 1. The van der Waals surface area contributed by atoms with Crippen LogP contribution in [-0.2, 0) is 4.79 Å². The first-order valence-electron chi connectivity index (χ1n) is 8.33. The van der Waals surface area contributed by atoms with E-state index in [9.17, 15) is 14.7 Å². The number of benzene rings is 1. The van der Waals surface area contributed by atoms with Gasteiger partial charge in [0.15, 0.2) is 0 Å². The van der Waals surface area contributed by atoms with Gasteiger partial charge < -0.3 is 10.0 Å². The van der Waals surface area contributed by atoms with E-state index in [0.29, 0.717) is 23.6 Å². The molecule has 25 heavy (non-hydrogen) atoms. The van der Waals surface area contributed by atoms with Gasteiger partial charge in [0.25, 0.3) is 5.91 Å². The maximum Gasteiger partial charge on any atom is 0.311 e. The Hall–Kier alpha value is -2.34. The van der Waals surface area contributed by atoms with E-state index in [2.05, 4.69) is 5.10 Å². The van der Waals surface area contributed by atoms with Gasteiger partial charge in [0.05, 0.1) is 22.9 Å². The van der Waals surface area contributed by atoms with Crippen molar-refractivity contribution >= 4 is 23.5 Å². The molecule has 2 atom stereocenters. The molecule has 0 spiro atoms. The fourth-order valence-corrected chi connectivity index (χ4v) is 4.27. The largest absolute Gasteiger partial charge is 0.481 e. The van der Waals surface area contributed by atoms with Crippen LogP contribution in [0.2, 0.25) is 5.02 Å². The van der Waals surface area contributed by atoms with Gasteiger partial charge in [0.2, 0.25) is 0 Å². The van der Waals surface area contributed by atoms with Crippen LogP contribution < -0.4 is 0 Å². The Morgan fingerprint density at radius 1 is 1.28 bits per heavy atom. The van der Waals surface area contributed by atoms with Crippen molar-refractivity contribution in [1.29, 1.82) is 0 Å². The minimum atomic E-state index is -0.776. The number of carbonyl (C=O) groups excluding carboxylic acids is 1. The van der Waals surface area contributed by atoms with Crippen molar-refractivity contribution < 1.29 is 14.7 Å². The molecule has 4 rings (SSSR count). The average molecular weight is 360 g/mol. The second-order valence-electron chi connectivity index (χ2n) is 6.89. The number of likely N-dealkylation sites (tertiary alicyclic amines) is 1. The monoisotopic (exact) mass is 359 g/mol. The third-order valence-corrected chi connectivity index (χ3v) is 5.76. The second kappa shape index (κ2) is 5.88. The van der Waals surface area contributed by atoms with E-state index in [-0.39, 0.29) is 18.4 Å². The SMILES string of the molecule is O=C(c1cnn(-c2ccc(Cl)cc2)c1)N1C[C@@H]2CCC[C@@]2(C(=O)O)C1. The minimum Gasteiger partial charge on any atom is -0.481 e. The number of rotatable bonds is 3. The van der Waals surface area contributed by atoms with Gasteiger partial charge in [-0.2, -0.15) is 5.10 Å². The first-order chi connectivity index (χ1) is 12.0. The molecule has 1 N–H and O–H groups in total. The van der Waals surface area contributed by atoms with E-state index in [4.69, 9.17) is 11.6 Å². The Kier molecular flexibility index (Phi) is 3.80. The van der Waals surface area contributed by atoms with Crippen molar-refractivity contribution in [2.45, 2.75) is 19.3 Å². The van der Waals surface area contributed by atoms with Gasteiger partial charge in [-0.15, -0.1) is 0 Å². The maximum atomic E-state index is 12.8. The number of carbonyl (C=O) groups is 2. The quantitative estimate of drug-likeness (QED) is 0.914. The van der Waals surface area contributed by atoms with Crippen LogP contribution in [0.15, 0.2) is 36.7 Å². The first-order valence-corrected chi connectivity index (χ1v) is 8.71. The van der Waals surface area contributed by atoms with Crippen LogP contribution in [0.25, 0.3) is 5.69 Å². The highest BCUT2D eigenvalue weighted by Gasteiger charge is 2.55. The highest BCUT2D eigenvalue weighted by atomic mass is 35.5. The molecule has 1 saturated heterocycles. The Bertz CT molecular complexity index is 832. The third kappa shape index (κ3) is 2.61. The molecule has 0 unspecified atom stereocenters. The fraction of sp³-hybridized carbons (Fsp3) is 0.389. The number of carboxylic acids is 1. The highest BCUT2D eigenvalue weighted by molar-refractivity contribution is 6.30. The van der Waals surface area contributed by atoms with Crippen molar-refractivity contribution in [2.24, 2.45) is 11.3 Å². The number of aromatic nitrogens is 2. The van der Waals surface area contributed by atoms with Crippen LogP contribution in [0.1, 0.15) is 29.6 Å². The summed E-state index contributed by atoms with van der Waals surface area (Å²) >= 11 is 5.89. The van der Waals surface area contributed by atoms with Gasteiger partial charge in [-0.05, 0) is 43.0 Å². The van der Waals surface area contributed by atoms with Crippen molar-refractivity contribution in [2.75, 3.05) is 13.1 Å². The van der Waals surface area contributed by atoms with E-state index in [0.717, 1.165) is 18.5 Å². The molecule has 1 amide bonds. The zero-order valence-corrected chi connectivity index (χ0v) is 14.3. The molecule has 0 radical (unpaired) electrons. The lowest BCUT2D eigenvalue weighted by Gasteiger charge is -2.23. The maximum absolute atomic E-state index is 12.8. The summed E-state index contributed by atoms with van der Waals surface area (Å²) in [5, 5.41) is 14.5. The highest BCUT2D eigenvalue weighted by Crippen LogP contribution is 2.49. The number of hydrogen-bond acceptors (Lipinski definition) is 3. The lowest BCUT2D eigenvalue weighted by atomic mass is 9.81. The Balaban J connectivity index is 1.55. The molecule has 1 aliphatic carbocycles. The third-order valence-electron chi connectivity index (χ3n) is 5.50. The molecule has 130 valence electrons. The lowest BCUT2D eigenvalue weighted by Crippen LogP contribution is -2.37. The van der Waals surface area contributed by atoms with Crippen LogP contribution in [0.5, 0.6) is 0 Å². The van der Waals surface area contributed by atoms with Gasteiger partial charge in [0, 0.05) is 24.3 Å². The van der Waals surface area contributed by atoms with Crippen LogP contribution in [0, 0.1) is 11.3 Å². The summed E-state index contributed by atoms with van der Waals surface area (Å²) in [7, 11) is 0. The number of nitrogens with zero attached hydrogens (tertiary/aromatic N) is 3. The van der Waals surface area contributed by atoms with Crippen molar-refractivity contribution in [3.05, 3.63) is 47.2 Å². The average Bonchev–Trinajstić information content (AvgIpc) is 3.29. The van der Waals surface area contributed by atoms with Crippen LogP contribution in [0.4, 0.5) is 0 Å². The van der Waals surface area contributed by atoms with E-state index in [1.165, 1.54) is 6.20 Å². The number of aliphatic carboxylic acids is 1. The van der Waals surface area contributed by atoms with Gasteiger partial charge in [-0.1, -0.05) is 18.0 Å². The van der Waals surface area contributed by atoms with E-state index in [1.54, 1.807) is 27.9 Å². The van der Waals surface area contributed by atoms with Gasteiger partial charge in [-0.3, -0.25) is 9.59 Å². The summed E-state index contributed by atoms with van der Waals surface area (Å²) in [5.41, 5.74) is 0.515. The summed E-state index contributed by atoms with van der Waals surface area (Å²) in [5.74, 6) is -0.877. The lowest BCUT2D eigenvalue weighted by molar-refractivity contribution is -0.149. The molecule has 1 aromatic heterocycles. The van der Waals surface area contributed by atoms with Crippen LogP contribution >= 0.6 is 11.6 Å². The molecule has 6 nitrogen and oxygen atoms in total. The van der Waals surface area contributed by atoms with Gasteiger partial charge in [0.1, 0.15) is 0 Å². The predicted molar refractivity (Wildman–Crippen MR) is 91.9 cm³/mol. The fourth-order valence-electron chi connectivity index (χ4n) is 4.14. The van der Waals surface area contributed by atoms with Crippen LogP contribution in [-0.4, -0.2) is 44.8 Å². The van der Waals surface area contributed by atoms with E-state index >= 15 is 0 Å². The molecule has 1 aliphatic heterocycles. The predicted octanol–water partition coefficient (Wildman–Crippen LogP) is 2.85. The molecular weight excluding hydrogens is 342 g/mol. The second-order valence-corrected chi connectivity index (χ2v) is 7.32. The van der Waals surface area contributed by atoms with E-state index in [1.807, 2.05) is 12.1 Å². The minimum absolute atomic E-state index is 0.0558. The summed E-state index contributed by atoms with van der Waals surface area (Å²) in [6.07, 6.45) is 5.65.